The number of benzene rings is 1. The Kier molecular flexibility index (Phi) is 4.47. The molecule has 2 rings (SSSR count). The van der Waals surface area contributed by atoms with E-state index < -0.39 is 17.7 Å². The van der Waals surface area contributed by atoms with Crippen LogP contribution in [0.15, 0.2) is 30.3 Å². The first-order chi connectivity index (χ1) is 9.45. The van der Waals surface area contributed by atoms with Crippen LogP contribution in [0.5, 0.6) is 0 Å². The molecule has 0 amide bonds. The lowest BCUT2D eigenvalue weighted by molar-refractivity contribution is -0.142. The minimum atomic E-state index is -4.38. The number of hydrogen-bond donors (Lipinski definition) is 0. The predicted molar refractivity (Wildman–Crippen MR) is 68.8 cm³/mol. The summed E-state index contributed by atoms with van der Waals surface area (Å²) in [7, 11) is 0. The second kappa shape index (κ2) is 6.11. The Morgan fingerprint density at radius 2 is 1.95 bits per heavy atom. The fraction of sp³-hybridized carbons (Fsp3) is 0.400. The van der Waals surface area contributed by atoms with E-state index in [1.807, 2.05) is 0 Å². The van der Waals surface area contributed by atoms with Gasteiger partial charge in [0.25, 0.3) is 0 Å². The molecule has 0 spiro atoms. The maximum Gasteiger partial charge on any atom is 0.416 e. The molecular weight excluding hydrogens is 269 g/mol. The van der Waals surface area contributed by atoms with Crippen LogP contribution in [0, 0.1) is 0 Å². The van der Waals surface area contributed by atoms with Gasteiger partial charge in [-0.05, 0) is 49.5 Å². The molecule has 108 valence electrons. The zero-order valence-corrected chi connectivity index (χ0v) is 10.8. The standard InChI is InChI=1S/C15H15F3O2/c16-15(17,18)12-5-3-4-11(10-12)8-9-14(19)20-13-6-1-2-7-13/h3-5,8-10,13H,1-2,6-7H2/b9-8+. The number of halogens is 3. The molecule has 1 aliphatic rings. The number of esters is 1. The molecule has 0 bridgehead atoms. The SMILES string of the molecule is O=C(/C=C/c1cccc(C(F)(F)F)c1)OC1CCCC1. The normalized spacial score (nSPS) is 16.8. The molecule has 0 N–H and O–H groups in total. The third kappa shape index (κ3) is 4.11. The Bertz CT molecular complexity index is 500. The summed E-state index contributed by atoms with van der Waals surface area (Å²) in [5.41, 5.74) is -0.410. The van der Waals surface area contributed by atoms with Crippen molar-refractivity contribution in [2.24, 2.45) is 0 Å². The van der Waals surface area contributed by atoms with Crippen LogP contribution in [0.2, 0.25) is 0 Å². The fourth-order valence-electron chi connectivity index (χ4n) is 2.19. The molecular formula is C15H15F3O2. The molecule has 5 heteroatoms. The Labute approximate surface area is 115 Å². The van der Waals surface area contributed by atoms with E-state index in [4.69, 9.17) is 4.74 Å². The lowest BCUT2D eigenvalue weighted by atomic mass is 10.1. The van der Waals surface area contributed by atoms with E-state index in [1.54, 1.807) is 0 Å². The number of alkyl halides is 3. The van der Waals surface area contributed by atoms with Gasteiger partial charge in [0, 0.05) is 6.08 Å². The van der Waals surface area contributed by atoms with Crippen LogP contribution < -0.4 is 0 Å². The zero-order chi connectivity index (χ0) is 14.6. The van der Waals surface area contributed by atoms with Crippen molar-refractivity contribution in [2.45, 2.75) is 38.0 Å². The average molecular weight is 284 g/mol. The van der Waals surface area contributed by atoms with Gasteiger partial charge in [-0.2, -0.15) is 13.2 Å². The van der Waals surface area contributed by atoms with Crippen LogP contribution >= 0.6 is 0 Å². The van der Waals surface area contributed by atoms with Crippen LogP contribution in [0.4, 0.5) is 13.2 Å². The van der Waals surface area contributed by atoms with Crippen LogP contribution in [0.25, 0.3) is 6.08 Å². The van der Waals surface area contributed by atoms with Crippen molar-refractivity contribution in [1.82, 2.24) is 0 Å². The highest BCUT2D eigenvalue weighted by Crippen LogP contribution is 2.29. The number of carbonyl (C=O) groups is 1. The predicted octanol–water partition coefficient (Wildman–Crippen LogP) is 4.20. The molecule has 0 saturated heterocycles. The third-order valence-electron chi connectivity index (χ3n) is 3.21. The average Bonchev–Trinajstić information content (AvgIpc) is 2.88. The van der Waals surface area contributed by atoms with Crippen molar-refractivity contribution >= 4 is 12.0 Å². The molecule has 0 atom stereocenters. The number of rotatable bonds is 3. The van der Waals surface area contributed by atoms with Crippen LogP contribution in [0.1, 0.15) is 36.8 Å². The van der Waals surface area contributed by atoms with Crippen LogP contribution in [-0.2, 0) is 15.7 Å². The number of hydrogen-bond acceptors (Lipinski definition) is 2. The quantitative estimate of drug-likeness (QED) is 0.614. The molecule has 0 aliphatic heterocycles. The molecule has 2 nitrogen and oxygen atoms in total. The van der Waals surface area contributed by atoms with E-state index in [-0.39, 0.29) is 6.10 Å². The lowest BCUT2D eigenvalue weighted by Crippen LogP contribution is -2.12. The molecule has 1 fully saturated rings. The summed E-state index contributed by atoms with van der Waals surface area (Å²) >= 11 is 0. The molecule has 1 aromatic rings. The van der Waals surface area contributed by atoms with Crippen molar-refractivity contribution in [3.63, 3.8) is 0 Å². The number of carbonyl (C=O) groups excluding carboxylic acids is 1. The van der Waals surface area contributed by atoms with E-state index in [2.05, 4.69) is 0 Å². The highest BCUT2D eigenvalue weighted by molar-refractivity contribution is 5.87. The van der Waals surface area contributed by atoms with Crippen molar-refractivity contribution in [3.8, 4) is 0 Å². The van der Waals surface area contributed by atoms with Gasteiger partial charge in [-0.15, -0.1) is 0 Å². The Morgan fingerprint density at radius 1 is 1.25 bits per heavy atom. The largest absolute Gasteiger partial charge is 0.459 e. The van der Waals surface area contributed by atoms with Gasteiger partial charge in [0.2, 0.25) is 0 Å². The van der Waals surface area contributed by atoms with Gasteiger partial charge in [-0.25, -0.2) is 4.79 Å². The molecule has 0 radical (unpaired) electrons. The fourth-order valence-corrected chi connectivity index (χ4v) is 2.19. The first kappa shape index (κ1) is 14.6. The van der Waals surface area contributed by atoms with E-state index >= 15 is 0 Å². The molecule has 1 saturated carbocycles. The summed E-state index contributed by atoms with van der Waals surface area (Å²) in [6, 6.07) is 4.81. The van der Waals surface area contributed by atoms with Gasteiger partial charge in [0.1, 0.15) is 6.10 Å². The molecule has 0 aromatic heterocycles. The summed E-state index contributed by atoms with van der Waals surface area (Å²) < 4.78 is 42.7. The van der Waals surface area contributed by atoms with Crippen molar-refractivity contribution in [1.29, 1.82) is 0 Å². The Morgan fingerprint density at radius 3 is 2.60 bits per heavy atom. The van der Waals surface area contributed by atoms with Crippen LogP contribution in [0.3, 0.4) is 0 Å². The zero-order valence-electron chi connectivity index (χ0n) is 10.8. The second-order valence-corrected chi connectivity index (χ2v) is 4.80. The Hall–Kier alpha value is -1.78. The van der Waals surface area contributed by atoms with E-state index in [0.29, 0.717) is 5.56 Å². The molecule has 20 heavy (non-hydrogen) atoms. The van der Waals surface area contributed by atoms with Crippen molar-refractivity contribution in [3.05, 3.63) is 41.5 Å². The number of ether oxygens (including phenoxy) is 1. The van der Waals surface area contributed by atoms with Gasteiger partial charge in [0.15, 0.2) is 0 Å². The smallest absolute Gasteiger partial charge is 0.416 e. The molecule has 1 aliphatic carbocycles. The highest BCUT2D eigenvalue weighted by Gasteiger charge is 2.30. The van der Waals surface area contributed by atoms with Gasteiger partial charge in [0.05, 0.1) is 5.56 Å². The van der Waals surface area contributed by atoms with Gasteiger partial charge >= 0.3 is 12.1 Å². The molecule has 0 heterocycles. The maximum absolute atomic E-state index is 12.5. The van der Waals surface area contributed by atoms with E-state index in [9.17, 15) is 18.0 Å². The first-order valence-electron chi connectivity index (χ1n) is 6.51. The minimum absolute atomic E-state index is 0.0475. The molecule has 0 unspecified atom stereocenters. The van der Waals surface area contributed by atoms with Crippen molar-refractivity contribution in [2.75, 3.05) is 0 Å². The summed E-state index contributed by atoms with van der Waals surface area (Å²) in [5.74, 6) is -0.505. The summed E-state index contributed by atoms with van der Waals surface area (Å²) in [6.45, 7) is 0. The monoisotopic (exact) mass is 284 g/mol. The topological polar surface area (TPSA) is 26.3 Å². The maximum atomic E-state index is 12.5. The summed E-state index contributed by atoms with van der Waals surface area (Å²) in [6.07, 6.45) is 1.92. The summed E-state index contributed by atoms with van der Waals surface area (Å²) in [5, 5.41) is 0. The second-order valence-electron chi connectivity index (χ2n) is 4.80. The van der Waals surface area contributed by atoms with E-state index in [0.717, 1.165) is 37.8 Å². The molecule has 1 aromatic carbocycles. The van der Waals surface area contributed by atoms with Crippen molar-refractivity contribution < 1.29 is 22.7 Å². The third-order valence-corrected chi connectivity index (χ3v) is 3.21. The van der Waals surface area contributed by atoms with Gasteiger partial charge in [-0.3, -0.25) is 0 Å². The minimum Gasteiger partial charge on any atom is -0.459 e. The highest BCUT2D eigenvalue weighted by atomic mass is 19.4. The van der Waals surface area contributed by atoms with Gasteiger partial charge < -0.3 is 4.74 Å². The van der Waals surface area contributed by atoms with Gasteiger partial charge in [-0.1, -0.05) is 12.1 Å². The van der Waals surface area contributed by atoms with Crippen LogP contribution in [-0.4, -0.2) is 12.1 Å². The Balaban J connectivity index is 1.98. The summed E-state index contributed by atoms with van der Waals surface area (Å²) in [4.78, 5) is 11.5. The lowest BCUT2D eigenvalue weighted by Gasteiger charge is -2.09. The first-order valence-corrected chi connectivity index (χ1v) is 6.51. The van der Waals surface area contributed by atoms with E-state index in [1.165, 1.54) is 24.3 Å².